The molecule has 0 fully saturated rings. The first kappa shape index (κ1) is 29.0. The number of thiazole rings is 1. The lowest BCUT2D eigenvalue weighted by Crippen LogP contribution is -2.16. The molecular formula is C46H32N2OS. The van der Waals surface area contributed by atoms with Gasteiger partial charge < -0.3 is 9.32 Å². The first-order chi connectivity index (χ1) is 24.5. The Morgan fingerprint density at radius 1 is 0.560 bits per heavy atom. The van der Waals surface area contributed by atoms with E-state index >= 15 is 0 Å². The molecule has 0 N–H and O–H groups in total. The van der Waals surface area contributed by atoms with Gasteiger partial charge in [0.25, 0.3) is 0 Å². The maximum absolute atomic E-state index is 6.63. The topological polar surface area (TPSA) is 29.3 Å². The van der Waals surface area contributed by atoms with Crippen molar-refractivity contribution in [2.45, 2.75) is 19.3 Å². The molecule has 10 rings (SSSR count). The average molecular weight is 661 g/mol. The van der Waals surface area contributed by atoms with E-state index in [2.05, 4.69) is 164 Å². The fourth-order valence-corrected chi connectivity index (χ4v) is 8.73. The summed E-state index contributed by atoms with van der Waals surface area (Å²) in [4.78, 5) is 7.53. The van der Waals surface area contributed by atoms with E-state index in [0.717, 1.165) is 59.8 Å². The zero-order valence-corrected chi connectivity index (χ0v) is 28.5. The van der Waals surface area contributed by atoms with Crippen molar-refractivity contribution < 1.29 is 4.42 Å². The Bertz CT molecular complexity index is 2740. The van der Waals surface area contributed by atoms with Gasteiger partial charge in [0, 0.05) is 33.1 Å². The molecular weight excluding hydrogens is 629 g/mol. The molecule has 1 aliphatic rings. The maximum atomic E-state index is 6.63. The Morgan fingerprint density at radius 2 is 1.24 bits per heavy atom. The van der Waals surface area contributed by atoms with Crippen LogP contribution in [-0.4, -0.2) is 4.98 Å². The minimum atomic E-state index is -0.122. The minimum absolute atomic E-state index is 0.122. The number of hydrogen-bond donors (Lipinski definition) is 0. The summed E-state index contributed by atoms with van der Waals surface area (Å²) in [6.07, 6.45) is 0. The second-order valence-corrected chi connectivity index (χ2v) is 14.6. The van der Waals surface area contributed by atoms with Crippen molar-refractivity contribution in [3.8, 4) is 32.8 Å². The molecule has 0 radical (unpaired) electrons. The van der Waals surface area contributed by atoms with Crippen molar-refractivity contribution in [3.63, 3.8) is 0 Å². The average Bonchev–Trinajstić information content (AvgIpc) is 3.83. The number of para-hydroxylation sites is 2. The number of nitrogens with zero attached hydrogens (tertiary/aromatic N) is 2. The van der Waals surface area contributed by atoms with Crippen LogP contribution < -0.4 is 4.90 Å². The molecule has 7 aromatic carbocycles. The summed E-state index contributed by atoms with van der Waals surface area (Å²) >= 11 is 1.73. The van der Waals surface area contributed by atoms with Crippen LogP contribution in [0.4, 0.5) is 17.1 Å². The van der Waals surface area contributed by atoms with Gasteiger partial charge in [-0.2, -0.15) is 0 Å². The van der Waals surface area contributed by atoms with Crippen molar-refractivity contribution in [2.24, 2.45) is 0 Å². The van der Waals surface area contributed by atoms with Crippen molar-refractivity contribution in [3.05, 3.63) is 169 Å². The molecule has 50 heavy (non-hydrogen) atoms. The monoisotopic (exact) mass is 660 g/mol. The fraction of sp³-hybridized carbons (Fsp3) is 0.0652. The van der Waals surface area contributed by atoms with Crippen LogP contribution in [0.5, 0.6) is 0 Å². The van der Waals surface area contributed by atoms with Crippen LogP contribution in [0, 0.1) is 0 Å². The molecule has 3 nitrogen and oxygen atoms in total. The molecule has 0 bridgehead atoms. The van der Waals surface area contributed by atoms with Crippen LogP contribution in [0.15, 0.2) is 162 Å². The van der Waals surface area contributed by atoms with E-state index in [9.17, 15) is 0 Å². The van der Waals surface area contributed by atoms with E-state index in [-0.39, 0.29) is 5.41 Å². The molecule has 2 aromatic heterocycles. The van der Waals surface area contributed by atoms with Crippen LogP contribution in [0.2, 0.25) is 0 Å². The van der Waals surface area contributed by atoms with Crippen LogP contribution in [-0.2, 0) is 5.41 Å². The predicted molar refractivity (Wildman–Crippen MR) is 210 cm³/mol. The van der Waals surface area contributed by atoms with E-state index in [1.54, 1.807) is 11.3 Å². The van der Waals surface area contributed by atoms with Gasteiger partial charge in [-0.1, -0.05) is 129 Å². The van der Waals surface area contributed by atoms with E-state index in [0.29, 0.717) is 0 Å². The normalized spacial score (nSPS) is 13.2. The van der Waals surface area contributed by atoms with Gasteiger partial charge in [-0.25, -0.2) is 4.98 Å². The number of furan rings is 1. The lowest BCUT2D eigenvalue weighted by molar-refractivity contribution is 0.660. The standard InChI is InChI=1S/C46H32N2OS/c1-46(2)38-16-8-6-13-34(38)35-25-23-32(27-39(35)46)48(41-17-10-15-37-36-14-7-9-18-42(36)49-44(37)41)33-24-26-43-40(28-33)47-45(50-43)31-21-19-30(20-22-31)29-11-4-3-5-12-29/h3-28H,1-2H3. The summed E-state index contributed by atoms with van der Waals surface area (Å²) in [5.41, 5.74) is 14.6. The first-order valence-corrected chi connectivity index (χ1v) is 17.9. The van der Waals surface area contributed by atoms with Gasteiger partial charge in [0.15, 0.2) is 5.58 Å². The molecule has 0 saturated carbocycles. The smallest absolute Gasteiger partial charge is 0.159 e. The quantitative estimate of drug-likeness (QED) is 0.184. The molecule has 9 aromatic rings. The molecule has 238 valence electrons. The Kier molecular flexibility index (Phi) is 6.39. The Labute approximate surface area is 294 Å². The number of aromatic nitrogens is 1. The highest BCUT2D eigenvalue weighted by Crippen LogP contribution is 2.51. The lowest BCUT2D eigenvalue weighted by Gasteiger charge is -2.28. The number of anilines is 3. The van der Waals surface area contributed by atoms with Gasteiger partial charge in [-0.3, -0.25) is 0 Å². The largest absolute Gasteiger partial charge is 0.454 e. The van der Waals surface area contributed by atoms with Crippen molar-refractivity contribution >= 4 is 60.6 Å². The number of hydrogen-bond acceptors (Lipinski definition) is 4. The van der Waals surface area contributed by atoms with E-state index in [1.807, 2.05) is 12.1 Å². The van der Waals surface area contributed by atoms with Crippen LogP contribution >= 0.6 is 11.3 Å². The zero-order chi connectivity index (χ0) is 33.4. The van der Waals surface area contributed by atoms with Gasteiger partial charge in [-0.05, 0) is 75.8 Å². The van der Waals surface area contributed by atoms with Crippen LogP contribution in [0.25, 0.3) is 65.0 Å². The van der Waals surface area contributed by atoms with Gasteiger partial charge in [-0.15, -0.1) is 11.3 Å². The van der Waals surface area contributed by atoms with Crippen molar-refractivity contribution in [1.82, 2.24) is 4.98 Å². The molecule has 0 unspecified atom stereocenters. The predicted octanol–water partition coefficient (Wildman–Crippen LogP) is 13.3. The third kappa shape index (κ3) is 4.45. The van der Waals surface area contributed by atoms with Gasteiger partial charge in [0.1, 0.15) is 10.6 Å². The molecule has 0 amide bonds. The second-order valence-electron chi connectivity index (χ2n) is 13.6. The van der Waals surface area contributed by atoms with Crippen molar-refractivity contribution in [2.75, 3.05) is 4.90 Å². The maximum Gasteiger partial charge on any atom is 0.159 e. The third-order valence-electron chi connectivity index (χ3n) is 10.3. The third-order valence-corrected chi connectivity index (χ3v) is 11.4. The Hall–Kier alpha value is -5.97. The van der Waals surface area contributed by atoms with Gasteiger partial charge >= 0.3 is 0 Å². The number of rotatable bonds is 5. The molecule has 0 spiro atoms. The molecule has 4 heteroatoms. The summed E-state index contributed by atoms with van der Waals surface area (Å²) in [7, 11) is 0. The van der Waals surface area contributed by atoms with E-state index in [4.69, 9.17) is 9.40 Å². The van der Waals surface area contributed by atoms with E-state index in [1.165, 1.54) is 33.4 Å². The minimum Gasteiger partial charge on any atom is -0.454 e. The van der Waals surface area contributed by atoms with E-state index < -0.39 is 0 Å². The second kappa shape index (κ2) is 11.0. The molecule has 1 aliphatic carbocycles. The van der Waals surface area contributed by atoms with Gasteiger partial charge in [0.2, 0.25) is 0 Å². The van der Waals surface area contributed by atoms with Gasteiger partial charge in [0.05, 0.1) is 15.9 Å². The first-order valence-electron chi connectivity index (χ1n) is 17.0. The zero-order valence-electron chi connectivity index (χ0n) is 27.7. The Morgan fingerprint density at radius 3 is 2.12 bits per heavy atom. The Balaban J connectivity index is 1.13. The summed E-state index contributed by atoms with van der Waals surface area (Å²) in [5.74, 6) is 0. The van der Waals surface area contributed by atoms with Crippen LogP contribution in [0.3, 0.4) is 0 Å². The highest BCUT2D eigenvalue weighted by Gasteiger charge is 2.36. The summed E-state index contributed by atoms with van der Waals surface area (Å²) in [6.45, 7) is 4.67. The molecule has 0 atom stereocenters. The molecule has 2 heterocycles. The number of fused-ring (bicyclic) bond motifs is 7. The summed E-state index contributed by atoms with van der Waals surface area (Å²) in [6, 6.07) is 56.4. The molecule has 0 saturated heterocycles. The highest BCUT2D eigenvalue weighted by molar-refractivity contribution is 7.21. The molecule has 0 aliphatic heterocycles. The van der Waals surface area contributed by atoms with Crippen LogP contribution in [0.1, 0.15) is 25.0 Å². The summed E-state index contributed by atoms with van der Waals surface area (Å²) < 4.78 is 7.78. The lowest BCUT2D eigenvalue weighted by atomic mass is 9.82. The van der Waals surface area contributed by atoms with Crippen molar-refractivity contribution in [1.29, 1.82) is 0 Å². The highest BCUT2D eigenvalue weighted by atomic mass is 32.1. The SMILES string of the molecule is CC1(C)c2ccccc2-c2ccc(N(c3ccc4sc(-c5ccc(-c6ccccc6)cc5)nc4c3)c3cccc4c3oc3ccccc34)cc21. The summed E-state index contributed by atoms with van der Waals surface area (Å²) in [5, 5.41) is 3.24. The fourth-order valence-electron chi connectivity index (χ4n) is 7.78. The number of benzene rings is 7.